The molecule has 0 unspecified atom stereocenters. The fourth-order valence-corrected chi connectivity index (χ4v) is 1.50. The van der Waals surface area contributed by atoms with Crippen LogP contribution in [0.2, 0.25) is 5.15 Å². The molecular weight excluding hydrogens is 264 g/mol. The van der Waals surface area contributed by atoms with Crippen LogP contribution in [0.4, 0.5) is 10.5 Å². The maximum Gasteiger partial charge on any atom is 0.412 e. The van der Waals surface area contributed by atoms with Crippen molar-refractivity contribution in [3.8, 4) is 11.8 Å². The standard InChI is InChI=1S/C14H17ClN2O2/c1-5-6-7-10-8-12(15)16-9-11(10)17-13(18)19-14(2,3)4/h8-9H,7H2,1-4H3,(H,17,18). The van der Waals surface area contributed by atoms with E-state index in [-0.39, 0.29) is 0 Å². The van der Waals surface area contributed by atoms with E-state index in [1.807, 2.05) is 0 Å². The molecule has 0 bridgehead atoms. The molecule has 1 heterocycles. The average Bonchev–Trinajstić information content (AvgIpc) is 2.27. The molecule has 0 aliphatic rings. The maximum absolute atomic E-state index is 11.7. The van der Waals surface area contributed by atoms with Gasteiger partial charge >= 0.3 is 6.09 Å². The number of nitrogens with one attached hydrogen (secondary N) is 1. The molecule has 0 saturated carbocycles. The van der Waals surface area contributed by atoms with Crippen molar-refractivity contribution >= 4 is 23.4 Å². The Morgan fingerprint density at radius 2 is 2.21 bits per heavy atom. The summed E-state index contributed by atoms with van der Waals surface area (Å²) in [7, 11) is 0. The fourth-order valence-electron chi connectivity index (χ4n) is 1.32. The van der Waals surface area contributed by atoms with Crippen LogP contribution in [-0.4, -0.2) is 16.7 Å². The van der Waals surface area contributed by atoms with E-state index in [2.05, 4.69) is 22.1 Å². The Kier molecular flexibility index (Phi) is 5.20. The van der Waals surface area contributed by atoms with Crippen LogP contribution in [0.25, 0.3) is 0 Å². The first-order chi connectivity index (χ1) is 8.81. The third kappa shape index (κ3) is 5.62. The first kappa shape index (κ1) is 15.3. The third-order valence-corrected chi connectivity index (χ3v) is 2.25. The minimum atomic E-state index is -0.548. The van der Waals surface area contributed by atoms with E-state index >= 15 is 0 Å². The normalized spacial score (nSPS) is 10.4. The molecule has 0 saturated heterocycles. The molecular formula is C14H17ClN2O2. The van der Waals surface area contributed by atoms with Crippen molar-refractivity contribution in [2.75, 3.05) is 5.32 Å². The van der Waals surface area contributed by atoms with Crippen LogP contribution < -0.4 is 5.32 Å². The molecule has 0 aliphatic carbocycles. The molecule has 102 valence electrons. The van der Waals surface area contributed by atoms with Crippen LogP contribution in [0.15, 0.2) is 12.3 Å². The minimum absolute atomic E-state index is 0.364. The number of carbonyl (C=O) groups is 1. The Morgan fingerprint density at radius 3 is 2.79 bits per heavy atom. The summed E-state index contributed by atoms with van der Waals surface area (Å²) in [6.45, 7) is 7.16. The van der Waals surface area contributed by atoms with Gasteiger partial charge in [-0.3, -0.25) is 5.32 Å². The van der Waals surface area contributed by atoms with E-state index < -0.39 is 11.7 Å². The lowest BCUT2D eigenvalue weighted by molar-refractivity contribution is 0.0635. The summed E-state index contributed by atoms with van der Waals surface area (Å²) in [6, 6.07) is 1.68. The topological polar surface area (TPSA) is 51.2 Å². The molecule has 5 heteroatoms. The van der Waals surface area contributed by atoms with E-state index in [0.717, 1.165) is 5.56 Å². The van der Waals surface area contributed by atoms with Crippen molar-refractivity contribution in [3.05, 3.63) is 23.0 Å². The van der Waals surface area contributed by atoms with Gasteiger partial charge in [-0.1, -0.05) is 17.5 Å². The number of hydrogen-bond acceptors (Lipinski definition) is 3. The van der Waals surface area contributed by atoms with Gasteiger partial charge in [0, 0.05) is 6.42 Å². The number of carbonyl (C=O) groups excluding carboxylic acids is 1. The molecule has 1 rings (SSSR count). The Bertz CT molecular complexity index is 524. The number of aromatic nitrogens is 1. The van der Waals surface area contributed by atoms with Crippen molar-refractivity contribution in [1.82, 2.24) is 4.98 Å². The van der Waals surface area contributed by atoms with Crippen molar-refractivity contribution in [1.29, 1.82) is 0 Å². The van der Waals surface area contributed by atoms with Gasteiger partial charge in [-0.25, -0.2) is 9.78 Å². The zero-order valence-corrected chi connectivity index (χ0v) is 12.3. The zero-order chi connectivity index (χ0) is 14.5. The largest absolute Gasteiger partial charge is 0.444 e. The van der Waals surface area contributed by atoms with Gasteiger partial charge in [-0.15, -0.1) is 5.92 Å². The quantitative estimate of drug-likeness (QED) is 0.664. The number of nitrogens with zero attached hydrogens (tertiary/aromatic N) is 1. The van der Waals surface area contributed by atoms with E-state index in [4.69, 9.17) is 16.3 Å². The Balaban J connectivity index is 2.87. The summed E-state index contributed by atoms with van der Waals surface area (Å²) in [6.07, 6.45) is 1.46. The average molecular weight is 281 g/mol. The second kappa shape index (κ2) is 6.44. The third-order valence-electron chi connectivity index (χ3n) is 2.05. The SMILES string of the molecule is CC#CCc1cc(Cl)ncc1NC(=O)OC(C)(C)C. The van der Waals surface area contributed by atoms with Crippen LogP contribution in [-0.2, 0) is 11.2 Å². The van der Waals surface area contributed by atoms with E-state index in [9.17, 15) is 4.79 Å². The second-order valence-corrected chi connectivity index (χ2v) is 5.28. The number of ether oxygens (including phenoxy) is 1. The fraction of sp³-hybridized carbons (Fsp3) is 0.429. The molecule has 1 aromatic heterocycles. The van der Waals surface area contributed by atoms with E-state index in [1.165, 1.54) is 6.20 Å². The predicted molar refractivity (Wildman–Crippen MR) is 76.3 cm³/mol. The highest BCUT2D eigenvalue weighted by atomic mass is 35.5. The summed E-state index contributed by atoms with van der Waals surface area (Å²) in [5, 5.41) is 3.02. The van der Waals surface area contributed by atoms with Crippen LogP contribution in [0, 0.1) is 11.8 Å². The molecule has 0 radical (unpaired) electrons. The molecule has 0 aromatic carbocycles. The Hall–Kier alpha value is -1.73. The smallest absolute Gasteiger partial charge is 0.412 e. The number of hydrogen-bond donors (Lipinski definition) is 1. The van der Waals surface area contributed by atoms with E-state index in [0.29, 0.717) is 17.3 Å². The first-order valence-electron chi connectivity index (χ1n) is 5.86. The van der Waals surface area contributed by atoms with Gasteiger partial charge in [0.25, 0.3) is 0 Å². The van der Waals surface area contributed by atoms with Crippen LogP contribution >= 0.6 is 11.6 Å². The lowest BCUT2D eigenvalue weighted by Gasteiger charge is -2.20. The highest BCUT2D eigenvalue weighted by molar-refractivity contribution is 6.29. The van der Waals surface area contributed by atoms with Gasteiger partial charge < -0.3 is 4.74 Å². The minimum Gasteiger partial charge on any atom is -0.444 e. The Morgan fingerprint density at radius 1 is 1.53 bits per heavy atom. The van der Waals surface area contributed by atoms with Crippen LogP contribution in [0.5, 0.6) is 0 Å². The van der Waals surface area contributed by atoms with Gasteiger partial charge in [-0.05, 0) is 39.3 Å². The molecule has 1 aromatic rings. The summed E-state index contributed by atoms with van der Waals surface area (Å²) < 4.78 is 5.18. The van der Waals surface area contributed by atoms with Crippen LogP contribution in [0.3, 0.4) is 0 Å². The second-order valence-electron chi connectivity index (χ2n) is 4.89. The summed E-state index contributed by atoms with van der Waals surface area (Å²) >= 11 is 5.84. The lowest BCUT2D eigenvalue weighted by atomic mass is 10.1. The molecule has 1 N–H and O–H groups in total. The molecule has 0 aliphatic heterocycles. The van der Waals surface area contributed by atoms with Crippen molar-refractivity contribution in [3.63, 3.8) is 0 Å². The van der Waals surface area contributed by atoms with Crippen molar-refractivity contribution in [2.24, 2.45) is 0 Å². The molecule has 0 spiro atoms. The molecule has 4 nitrogen and oxygen atoms in total. The van der Waals surface area contributed by atoms with Crippen molar-refractivity contribution in [2.45, 2.75) is 39.7 Å². The number of pyridine rings is 1. The number of rotatable bonds is 2. The number of anilines is 1. The first-order valence-corrected chi connectivity index (χ1v) is 6.23. The van der Waals surface area contributed by atoms with E-state index in [1.54, 1.807) is 33.8 Å². The van der Waals surface area contributed by atoms with Gasteiger partial charge in [0.1, 0.15) is 10.8 Å². The molecule has 0 fully saturated rings. The summed E-state index contributed by atoms with van der Waals surface area (Å²) in [5.74, 6) is 5.72. The highest BCUT2D eigenvalue weighted by Gasteiger charge is 2.17. The summed E-state index contributed by atoms with van der Waals surface area (Å²) in [4.78, 5) is 15.7. The van der Waals surface area contributed by atoms with Gasteiger partial charge in [-0.2, -0.15) is 0 Å². The van der Waals surface area contributed by atoms with Gasteiger partial charge in [0.05, 0.1) is 11.9 Å². The molecule has 19 heavy (non-hydrogen) atoms. The maximum atomic E-state index is 11.7. The molecule has 0 atom stereocenters. The van der Waals surface area contributed by atoms with Gasteiger partial charge in [0.15, 0.2) is 0 Å². The van der Waals surface area contributed by atoms with Crippen LogP contribution in [0.1, 0.15) is 33.3 Å². The lowest BCUT2D eigenvalue weighted by Crippen LogP contribution is -2.27. The number of halogens is 1. The molecule has 1 amide bonds. The monoisotopic (exact) mass is 280 g/mol. The number of amides is 1. The zero-order valence-electron chi connectivity index (χ0n) is 11.5. The highest BCUT2D eigenvalue weighted by Crippen LogP contribution is 2.19. The Labute approximate surface area is 118 Å². The summed E-state index contributed by atoms with van der Waals surface area (Å²) in [5.41, 5.74) is 0.814. The predicted octanol–water partition coefficient (Wildman–Crippen LogP) is 3.65. The van der Waals surface area contributed by atoms with Gasteiger partial charge in [0.2, 0.25) is 0 Å². The van der Waals surface area contributed by atoms with Crippen molar-refractivity contribution < 1.29 is 9.53 Å².